The second-order valence-electron chi connectivity index (χ2n) is 3.42. The van der Waals surface area contributed by atoms with Crippen molar-refractivity contribution in [2.75, 3.05) is 0 Å². The van der Waals surface area contributed by atoms with Gasteiger partial charge >= 0.3 is 17.9 Å². The normalized spacial score (nSPS) is 9.83. The number of aromatic carboxylic acids is 3. The van der Waals surface area contributed by atoms with Gasteiger partial charge in [0.25, 0.3) is 0 Å². The maximum absolute atomic E-state index is 11.3. The molecule has 0 unspecified atom stereocenters. The van der Waals surface area contributed by atoms with Crippen LogP contribution < -0.4 is 0 Å². The summed E-state index contributed by atoms with van der Waals surface area (Å²) in [4.78, 5) is 43.9. The first-order valence-electron chi connectivity index (χ1n) is 4.64. The molecule has 0 aliphatic heterocycles. The molecule has 3 N–H and O–H groups in total. The van der Waals surface area contributed by atoms with Crippen molar-refractivity contribution in [1.82, 2.24) is 0 Å². The van der Waals surface area contributed by atoms with E-state index >= 15 is 0 Å². The van der Waals surface area contributed by atoms with Gasteiger partial charge in [-0.1, -0.05) is 0 Å². The van der Waals surface area contributed by atoms with E-state index in [0.717, 1.165) is 19.1 Å². The topological polar surface area (TPSA) is 129 Å². The zero-order valence-corrected chi connectivity index (χ0v) is 9.13. The van der Waals surface area contributed by atoms with Crippen LogP contribution in [0.4, 0.5) is 0 Å². The van der Waals surface area contributed by atoms with Crippen molar-refractivity contribution in [3.05, 3.63) is 34.4 Å². The number of hydrogen-bond acceptors (Lipinski definition) is 4. The molecule has 0 saturated heterocycles. The Hall–Kier alpha value is -2.70. The van der Waals surface area contributed by atoms with Crippen LogP contribution in [-0.4, -0.2) is 39.0 Å². The molecule has 94 valence electrons. The Bertz CT molecular complexity index is 536. The Kier molecular flexibility index (Phi) is 3.46. The summed E-state index contributed by atoms with van der Waals surface area (Å²) >= 11 is 0. The summed E-state index contributed by atoms with van der Waals surface area (Å²) in [5, 5.41) is 26.5. The highest BCUT2D eigenvalue weighted by atomic mass is 16.4. The molecule has 0 aliphatic rings. The van der Waals surface area contributed by atoms with Gasteiger partial charge in [0.1, 0.15) is 0 Å². The summed E-state index contributed by atoms with van der Waals surface area (Å²) < 4.78 is 0. The van der Waals surface area contributed by atoms with Crippen molar-refractivity contribution in [2.24, 2.45) is 0 Å². The van der Waals surface area contributed by atoms with E-state index in [2.05, 4.69) is 0 Å². The summed E-state index contributed by atoms with van der Waals surface area (Å²) in [6.07, 6.45) is 0. The zero-order valence-electron chi connectivity index (χ0n) is 9.13. The molecule has 18 heavy (non-hydrogen) atoms. The van der Waals surface area contributed by atoms with Gasteiger partial charge in [0.15, 0.2) is 5.78 Å². The monoisotopic (exact) mass is 252 g/mol. The summed E-state index contributed by atoms with van der Waals surface area (Å²) in [7, 11) is 0. The van der Waals surface area contributed by atoms with Gasteiger partial charge in [0.2, 0.25) is 0 Å². The lowest BCUT2D eigenvalue weighted by Crippen LogP contribution is -2.15. The molecule has 7 nitrogen and oxygen atoms in total. The first-order chi connectivity index (χ1) is 8.25. The fourth-order valence-corrected chi connectivity index (χ4v) is 1.48. The highest BCUT2D eigenvalue weighted by Crippen LogP contribution is 2.19. The van der Waals surface area contributed by atoms with E-state index in [-0.39, 0.29) is 0 Å². The van der Waals surface area contributed by atoms with E-state index < -0.39 is 45.9 Å². The lowest BCUT2D eigenvalue weighted by molar-refractivity contribution is 0.0688. The van der Waals surface area contributed by atoms with Crippen molar-refractivity contribution in [3.8, 4) is 0 Å². The van der Waals surface area contributed by atoms with E-state index in [1.807, 2.05) is 0 Å². The van der Waals surface area contributed by atoms with Crippen LogP contribution >= 0.6 is 0 Å². The molecule has 0 aromatic heterocycles. The van der Waals surface area contributed by atoms with E-state index in [9.17, 15) is 19.2 Å². The van der Waals surface area contributed by atoms with Gasteiger partial charge in [-0.25, -0.2) is 14.4 Å². The zero-order chi connectivity index (χ0) is 14.0. The Morgan fingerprint density at radius 1 is 0.833 bits per heavy atom. The number of Topliss-reactive ketones (excluding diaryl/α,β-unsaturated/α-hetero) is 1. The summed E-state index contributed by atoms with van der Waals surface area (Å²) in [5.41, 5.74) is -2.30. The maximum Gasteiger partial charge on any atom is 0.336 e. The van der Waals surface area contributed by atoms with Gasteiger partial charge in [0, 0.05) is 5.56 Å². The van der Waals surface area contributed by atoms with Crippen molar-refractivity contribution >= 4 is 23.7 Å². The standard InChI is InChI=1S/C11H8O7/c1-4(12)8-6(10(15)16)2-5(9(13)14)3-7(8)11(17)18/h2-3H,1H3,(H,13,14)(H,15,16)(H,17,18). The Morgan fingerprint density at radius 2 is 1.22 bits per heavy atom. The molecule has 0 aliphatic carbocycles. The molecule has 0 atom stereocenters. The molecule has 0 saturated carbocycles. The fourth-order valence-electron chi connectivity index (χ4n) is 1.48. The number of carbonyl (C=O) groups is 4. The fraction of sp³-hybridized carbons (Fsp3) is 0.0909. The smallest absolute Gasteiger partial charge is 0.336 e. The molecule has 0 radical (unpaired) electrons. The molecule has 1 aromatic carbocycles. The second kappa shape index (κ2) is 4.66. The second-order valence-corrected chi connectivity index (χ2v) is 3.42. The van der Waals surface area contributed by atoms with Crippen LogP contribution in [0.1, 0.15) is 48.4 Å². The number of hydrogen-bond donors (Lipinski definition) is 3. The van der Waals surface area contributed by atoms with Crippen LogP contribution in [0.2, 0.25) is 0 Å². The van der Waals surface area contributed by atoms with E-state index in [4.69, 9.17) is 15.3 Å². The van der Waals surface area contributed by atoms with Crippen LogP contribution in [0.15, 0.2) is 12.1 Å². The third-order valence-electron chi connectivity index (χ3n) is 2.20. The first-order valence-corrected chi connectivity index (χ1v) is 4.64. The molecule has 1 rings (SSSR count). The van der Waals surface area contributed by atoms with Crippen LogP contribution in [0.3, 0.4) is 0 Å². The third kappa shape index (κ3) is 2.34. The number of carboxylic acid groups (broad SMARTS) is 3. The minimum absolute atomic E-state index is 0.505. The Labute approximate surface area is 100 Å². The molecule has 0 amide bonds. The van der Waals surface area contributed by atoms with Gasteiger partial charge < -0.3 is 15.3 Å². The van der Waals surface area contributed by atoms with Crippen molar-refractivity contribution in [3.63, 3.8) is 0 Å². The summed E-state index contributed by atoms with van der Waals surface area (Å²) in [6.45, 7) is 1.01. The van der Waals surface area contributed by atoms with Crippen LogP contribution in [-0.2, 0) is 0 Å². The number of carbonyl (C=O) groups excluding carboxylic acids is 1. The summed E-state index contributed by atoms with van der Waals surface area (Å²) in [6, 6.07) is 1.52. The Morgan fingerprint density at radius 3 is 1.44 bits per heavy atom. The molecule has 0 spiro atoms. The van der Waals surface area contributed by atoms with Crippen molar-refractivity contribution in [2.45, 2.75) is 6.92 Å². The SMILES string of the molecule is CC(=O)c1c(C(=O)O)cc(C(=O)O)cc1C(=O)O. The van der Waals surface area contributed by atoms with Gasteiger partial charge in [-0.3, -0.25) is 4.79 Å². The number of benzene rings is 1. The largest absolute Gasteiger partial charge is 0.478 e. The molecule has 1 aromatic rings. The highest BCUT2D eigenvalue weighted by Gasteiger charge is 2.24. The van der Waals surface area contributed by atoms with Crippen LogP contribution in [0.5, 0.6) is 0 Å². The van der Waals surface area contributed by atoms with E-state index in [1.54, 1.807) is 0 Å². The lowest BCUT2D eigenvalue weighted by Gasteiger charge is -2.08. The lowest BCUT2D eigenvalue weighted by atomic mass is 9.95. The average molecular weight is 252 g/mol. The maximum atomic E-state index is 11.3. The van der Waals surface area contributed by atoms with Gasteiger partial charge in [0.05, 0.1) is 16.7 Å². The number of ketones is 1. The average Bonchev–Trinajstić information content (AvgIpc) is 2.26. The molecule has 0 heterocycles. The Balaban J connectivity index is 3.76. The number of carboxylic acids is 3. The molecule has 0 bridgehead atoms. The summed E-state index contributed by atoms with van der Waals surface area (Å²) in [5.74, 6) is -5.37. The van der Waals surface area contributed by atoms with Gasteiger partial charge in [-0.05, 0) is 19.1 Å². The predicted octanol–water partition coefficient (Wildman–Crippen LogP) is 0.984. The van der Waals surface area contributed by atoms with Crippen LogP contribution in [0, 0.1) is 0 Å². The molecule has 0 fully saturated rings. The molecule has 7 heteroatoms. The van der Waals surface area contributed by atoms with Crippen LogP contribution in [0.25, 0.3) is 0 Å². The first kappa shape index (κ1) is 13.4. The van der Waals surface area contributed by atoms with Crippen molar-refractivity contribution < 1.29 is 34.5 Å². The quantitative estimate of drug-likeness (QED) is 0.681. The minimum atomic E-state index is -1.56. The van der Waals surface area contributed by atoms with Gasteiger partial charge in [-0.2, -0.15) is 0 Å². The third-order valence-corrected chi connectivity index (χ3v) is 2.20. The molecular formula is C11H8O7. The van der Waals surface area contributed by atoms with Crippen molar-refractivity contribution in [1.29, 1.82) is 0 Å². The number of rotatable bonds is 4. The predicted molar refractivity (Wildman–Crippen MR) is 57.3 cm³/mol. The van der Waals surface area contributed by atoms with Gasteiger partial charge in [-0.15, -0.1) is 0 Å². The minimum Gasteiger partial charge on any atom is -0.478 e. The molecular weight excluding hydrogens is 244 g/mol. The van der Waals surface area contributed by atoms with E-state index in [0.29, 0.717) is 0 Å². The highest BCUT2D eigenvalue weighted by molar-refractivity contribution is 6.13. The van der Waals surface area contributed by atoms with E-state index in [1.165, 1.54) is 0 Å².